The van der Waals surface area contributed by atoms with Gasteiger partial charge < -0.3 is 29.8 Å². The molecule has 0 aliphatic rings. The molecule has 0 saturated carbocycles. The van der Waals surface area contributed by atoms with E-state index in [2.05, 4.69) is 20.6 Å². The molecule has 3 aromatic rings. The van der Waals surface area contributed by atoms with Gasteiger partial charge in [0.1, 0.15) is 24.7 Å². The van der Waals surface area contributed by atoms with Crippen molar-refractivity contribution in [1.82, 2.24) is 20.6 Å². The number of rotatable bonds is 9. The van der Waals surface area contributed by atoms with Crippen LogP contribution < -0.4 is 24.8 Å². The van der Waals surface area contributed by atoms with Gasteiger partial charge in [-0.1, -0.05) is 0 Å². The molecule has 2 heterocycles. The van der Waals surface area contributed by atoms with Crippen LogP contribution in [0.15, 0.2) is 42.7 Å². The van der Waals surface area contributed by atoms with E-state index in [0.717, 1.165) is 28.6 Å². The van der Waals surface area contributed by atoms with E-state index >= 15 is 0 Å². The van der Waals surface area contributed by atoms with Crippen molar-refractivity contribution < 1.29 is 19.0 Å². The van der Waals surface area contributed by atoms with Crippen molar-refractivity contribution in [2.24, 2.45) is 0 Å². The van der Waals surface area contributed by atoms with Crippen molar-refractivity contribution in [3.8, 4) is 17.4 Å². The van der Waals surface area contributed by atoms with E-state index in [1.165, 1.54) is 0 Å². The van der Waals surface area contributed by atoms with Gasteiger partial charge in [0.25, 0.3) is 0 Å². The van der Waals surface area contributed by atoms with Gasteiger partial charge in [-0.3, -0.25) is 0 Å². The third kappa shape index (κ3) is 5.06. The Bertz CT molecular complexity index is 908. The molecule has 0 radical (unpaired) electrons. The largest absolute Gasteiger partial charge is 0.490 e. The molecule has 1 aromatic carbocycles. The topological polar surface area (TPSA) is 97.5 Å². The first kappa shape index (κ1) is 19.3. The lowest BCUT2D eigenvalue weighted by molar-refractivity contribution is 0.216. The molecule has 0 unspecified atom stereocenters. The van der Waals surface area contributed by atoms with Crippen LogP contribution >= 0.6 is 0 Å². The number of H-pyrrole nitrogens is 1. The summed E-state index contributed by atoms with van der Waals surface area (Å²) in [7, 11) is 3.17. The van der Waals surface area contributed by atoms with E-state index in [9.17, 15) is 4.79 Å². The van der Waals surface area contributed by atoms with Gasteiger partial charge in [0.15, 0.2) is 0 Å². The van der Waals surface area contributed by atoms with Crippen LogP contribution in [0.4, 0.5) is 4.79 Å². The van der Waals surface area contributed by atoms with Gasteiger partial charge in [-0.05, 0) is 36.2 Å². The Morgan fingerprint density at radius 1 is 1.14 bits per heavy atom. The first-order valence-electron chi connectivity index (χ1n) is 9.01. The van der Waals surface area contributed by atoms with Gasteiger partial charge in [-0.25, -0.2) is 9.78 Å². The molecule has 8 nitrogen and oxygen atoms in total. The number of hydrogen-bond donors (Lipinski definition) is 3. The van der Waals surface area contributed by atoms with Crippen molar-refractivity contribution in [1.29, 1.82) is 0 Å². The molecular formula is C20H24N4O4. The number of methoxy groups -OCH3 is 1. The predicted molar refractivity (Wildman–Crippen MR) is 106 cm³/mol. The first-order chi connectivity index (χ1) is 13.7. The number of hydrogen-bond acceptors (Lipinski definition) is 5. The number of nitrogens with one attached hydrogen (secondary N) is 3. The molecule has 3 N–H and O–H groups in total. The number of carbonyl (C=O) groups is 1. The summed E-state index contributed by atoms with van der Waals surface area (Å²) in [5.74, 6) is 1.98. The molecule has 0 spiro atoms. The average Bonchev–Trinajstić information content (AvgIpc) is 3.14. The molecule has 0 atom stereocenters. The van der Waals surface area contributed by atoms with Crippen molar-refractivity contribution in [2.45, 2.75) is 6.42 Å². The lowest BCUT2D eigenvalue weighted by Gasteiger charge is -2.09. The van der Waals surface area contributed by atoms with Gasteiger partial charge in [0, 0.05) is 36.8 Å². The van der Waals surface area contributed by atoms with Crippen molar-refractivity contribution >= 4 is 16.9 Å². The van der Waals surface area contributed by atoms with Crippen LogP contribution in [-0.2, 0) is 6.42 Å². The maximum Gasteiger partial charge on any atom is 0.314 e. The normalized spacial score (nSPS) is 10.5. The molecule has 148 valence electrons. The number of benzene rings is 1. The van der Waals surface area contributed by atoms with Crippen LogP contribution in [0.5, 0.6) is 17.4 Å². The molecule has 2 amide bonds. The molecule has 0 aliphatic carbocycles. The lowest BCUT2D eigenvalue weighted by Crippen LogP contribution is -2.33. The van der Waals surface area contributed by atoms with Crippen molar-refractivity contribution in [2.75, 3.05) is 33.9 Å². The Labute approximate surface area is 163 Å². The summed E-state index contributed by atoms with van der Waals surface area (Å²) in [5.41, 5.74) is 2.15. The summed E-state index contributed by atoms with van der Waals surface area (Å²) < 4.78 is 16.4. The van der Waals surface area contributed by atoms with Gasteiger partial charge in [0.2, 0.25) is 5.88 Å². The summed E-state index contributed by atoms with van der Waals surface area (Å²) in [5, 5.41) is 6.41. The molecule has 2 aromatic heterocycles. The molecule has 0 bridgehead atoms. The van der Waals surface area contributed by atoms with E-state index in [0.29, 0.717) is 31.4 Å². The first-order valence-corrected chi connectivity index (χ1v) is 9.01. The Balaban J connectivity index is 1.51. The standard InChI is InChI=1S/C20H24N4O4/c1-21-20(25)22-8-7-14-12-23-18-5-3-15(11-17(14)18)27-9-10-28-16-4-6-19(26-2)24-13-16/h3-6,11-13,23H,7-10H2,1-2H3,(H2,21,22,25). The molecule has 0 aliphatic heterocycles. The fourth-order valence-corrected chi connectivity index (χ4v) is 2.75. The number of carbonyl (C=O) groups excluding carboxylic acids is 1. The Morgan fingerprint density at radius 3 is 2.64 bits per heavy atom. The van der Waals surface area contributed by atoms with E-state index < -0.39 is 0 Å². The summed E-state index contributed by atoms with van der Waals surface area (Å²) in [4.78, 5) is 18.6. The van der Waals surface area contributed by atoms with Crippen LogP contribution in [0.2, 0.25) is 0 Å². The number of amides is 2. The molecule has 3 rings (SSSR count). The number of ether oxygens (including phenoxy) is 3. The van der Waals surface area contributed by atoms with Crippen LogP contribution in [-0.4, -0.2) is 49.9 Å². The van der Waals surface area contributed by atoms with Crippen LogP contribution in [0.25, 0.3) is 10.9 Å². The Morgan fingerprint density at radius 2 is 1.93 bits per heavy atom. The third-order valence-corrected chi connectivity index (χ3v) is 4.18. The third-order valence-electron chi connectivity index (χ3n) is 4.18. The second-order valence-electron chi connectivity index (χ2n) is 6.01. The van der Waals surface area contributed by atoms with Gasteiger partial charge >= 0.3 is 6.03 Å². The van der Waals surface area contributed by atoms with Crippen LogP contribution in [0, 0.1) is 0 Å². The van der Waals surface area contributed by atoms with E-state index in [4.69, 9.17) is 14.2 Å². The molecule has 0 fully saturated rings. The van der Waals surface area contributed by atoms with E-state index in [1.54, 1.807) is 32.5 Å². The summed E-state index contributed by atoms with van der Waals surface area (Å²) in [6.07, 6.45) is 4.30. The maximum atomic E-state index is 11.3. The zero-order valence-corrected chi connectivity index (χ0v) is 16.0. The van der Waals surface area contributed by atoms with Crippen molar-refractivity contribution in [3.63, 3.8) is 0 Å². The minimum atomic E-state index is -0.184. The van der Waals surface area contributed by atoms with E-state index in [-0.39, 0.29) is 6.03 Å². The summed E-state index contributed by atoms with van der Waals surface area (Å²) in [6.45, 7) is 1.37. The molecule has 0 saturated heterocycles. The van der Waals surface area contributed by atoms with Gasteiger partial charge in [-0.15, -0.1) is 0 Å². The Hall–Kier alpha value is -3.42. The number of urea groups is 1. The number of pyridine rings is 1. The predicted octanol–water partition coefficient (Wildman–Crippen LogP) is 2.50. The van der Waals surface area contributed by atoms with E-state index in [1.807, 2.05) is 24.4 Å². The number of fused-ring (bicyclic) bond motifs is 1. The highest BCUT2D eigenvalue weighted by molar-refractivity contribution is 5.84. The summed E-state index contributed by atoms with van der Waals surface area (Å²) in [6, 6.07) is 9.26. The smallest absolute Gasteiger partial charge is 0.314 e. The molecular weight excluding hydrogens is 360 g/mol. The highest BCUT2D eigenvalue weighted by Crippen LogP contribution is 2.24. The minimum absolute atomic E-state index is 0.184. The highest BCUT2D eigenvalue weighted by Gasteiger charge is 2.06. The fraction of sp³-hybridized carbons (Fsp3) is 0.300. The highest BCUT2D eigenvalue weighted by atomic mass is 16.5. The summed E-state index contributed by atoms with van der Waals surface area (Å²) >= 11 is 0. The van der Waals surface area contributed by atoms with Crippen LogP contribution in [0.1, 0.15) is 5.56 Å². The number of aromatic amines is 1. The second kappa shape index (κ2) is 9.50. The number of aromatic nitrogens is 2. The van der Waals surface area contributed by atoms with Crippen molar-refractivity contribution in [3.05, 3.63) is 48.3 Å². The molecule has 8 heteroatoms. The number of nitrogens with zero attached hydrogens (tertiary/aromatic N) is 1. The zero-order valence-electron chi connectivity index (χ0n) is 16.0. The maximum absolute atomic E-state index is 11.3. The lowest BCUT2D eigenvalue weighted by atomic mass is 10.1. The SMILES string of the molecule is CNC(=O)NCCc1c[nH]c2ccc(OCCOc3ccc(OC)nc3)cc12. The quantitative estimate of drug-likeness (QED) is 0.493. The monoisotopic (exact) mass is 384 g/mol. The zero-order chi connectivity index (χ0) is 19.8. The fourth-order valence-electron chi connectivity index (χ4n) is 2.75. The average molecular weight is 384 g/mol. The minimum Gasteiger partial charge on any atom is -0.490 e. The van der Waals surface area contributed by atoms with Gasteiger partial charge in [-0.2, -0.15) is 0 Å². The van der Waals surface area contributed by atoms with Gasteiger partial charge in [0.05, 0.1) is 13.3 Å². The Kier molecular flexibility index (Phi) is 6.56. The van der Waals surface area contributed by atoms with Crippen LogP contribution in [0.3, 0.4) is 0 Å². The second-order valence-corrected chi connectivity index (χ2v) is 6.01. The molecule has 28 heavy (non-hydrogen) atoms.